The van der Waals surface area contributed by atoms with Gasteiger partial charge in [-0.05, 0) is 13.8 Å². The molecule has 1 N–H and O–H groups in total. The minimum atomic E-state index is -4.65. The fourth-order valence-electron chi connectivity index (χ4n) is 1.21. The molecule has 0 aliphatic rings. The SMILES string of the molecule is CC(=O)N(C)CCN(C(=N)C(F)(F)F)C(C)C. The number of hydrogen-bond acceptors (Lipinski definition) is 2. The van der Waals surface area contributed by atoms with Gasteiger partial charge in [0.25, 0.3) is 0 Å². The van der Waals surface area contributed by atoms with Gasteiger partial charge in [-0.3, -0.25) is 10.2 Å². The number of rotatable bonds is 4. The third-order valence-electron chi connectivity index (χ3n) is 2.39. The number of carbonyl (C=O) groups excluding carboxylic acids is 1. The number of amidine groups is 1. The second-order valence-electron chi connectivity index (χ2n) is 4.07. The molecule has 0 spiro atoms. The Morgan fingerprint density at radius 3 is 2.06 bits per heavy atom. The highest BCUT2D eigenvalue weighted by Crippen LogP contribution is 2.20. The average molecular weight is 253 g/mol. The molecular weight excluding hydrogens is 235 g/mol. The van der Waals surface area contributed by atoms with Crippen LogP contribution in [0.1, 0.15) is 20.8 Å². The number of hydrogen-bond donors (Lipinski definition) is 1. The highest BCUT2D eigenvalue weighted by molar-refractivity contribution is 5.85. The normalized spacial score (nSPS) is 11.5. The van der Waals surface area contributed by atoms with Gasteiger partial charge in [0.2, 0.25) is 11.7 Å². The molecule has 0 saturated carbocycles. The summed E-state index contributed by atoms with van der Waals surface area (Å²) >= 11 is 0. The largest absolute Gasteiger partial charge is 0.448 e. The first-order valence-electron chi connectivity index (χ1n) is 5.21. The molecule has 0 radical (unpaired) electrons. The van der Waals surface area contributed by atoms with Gasteiger partial charge < -0.3 is 9.80 Å². The predicted molar refractivity (Wildman–Crippen MR) is 58.9 cm³/mol. The molecule has 100 valence electrons. The number of alkyl halides is 3. The molecular formula is C10H18F3N3O. The van der Waals surface area contributed by atoms with Crippen molar-refractivity contribution in [3.8, 4) is 0 Å². The van der Waals surface area contributed by atoms with E-state index in [0.29, 0.717) is 0 Å². The highest BCUT2D eigenvalue weighted by Gasteiger charge is 2.39. The summed E-state index contributed by atoms with van der Waals surface area (Å²) in [5.74, 6) is -1.59. The zero-order valence-corrected chi connectivity index (χ0v) is 10.4. The van der Waals surface area contributed by atoms with Crippen molar-refractivity contribution in [2.75, 3.05) is 20.1 Å². The molecule has 0 fully saturated rings. The van der Waals surface area contributed by atoms with Crippen molar-refractivity contribution in [2.24, 2.45) is 0 Å². The van der Waals surface area contributed by atoms with Gasteiger partial charge in [0.1, 0.15) is 0 Å². The third-order valence-corrected chi connectivity index (χ3v) is 2.39. The molecule has 0 aromatic heterocycles. The second-order valence-corrected chi connectivity index (χ2v) is 4.07. The van der Waals surface area contributed by atoms with Crippen molar-refractivity contribution in [1.29, 1.82) is 5.41 Å². The van der Waals surface area contributed by atoms with Crippen LogP contribution >= 0.6 is 0 Å². The minimum Gasteiger partial charge on any atom is -0.349 e. The van der Waals surface area contributed by atoms with E-state index >= 15 is 0 Å². The summed E-state index contributed by atoms with van der Waals surface area (Å²) in [6, 6.07) is -0.440. The lowest BCUT2D eigenvalue weighted by Crippen LogP contribution is -2.47. The molecule has 4 nitrogen and oxygen atoms in total. The van der Waals surface area contributed by atoms with Gasteiger partial charge in [-0.1, -0.05) is 0 Å². The van der Waals surface area contributed by atoms with Gasteiger partial charge in [-0.25, -0.2) is 0 Å². The van der Waals surface area contributed by atoms with Crippen molar-refractivity contribution in [2.45, 2.75) is 33.0 Å². The summed E-state index contributed by atoms with van der Waals surface area (Å²) < 4.78 is 37.2. The zero-order chi connectivity index (χ0) is 13.8. The van der Waals surface area contributed by atoms with Crippen LogP contribution in [0.25, 0.3) is 0 Å². The first-order valence-corrected chi connectivity index (χ1v) is 5.21. The molecule has 17 heavy (non-hydrogen) atoms. The quantitative estimate of drug-likeness (QED) is 0.612. The maximum absolute atomic E-state index is 12.4. The lowest BCUT2D eigenvalue weighted by Gasteiger charge is -2.31. The van der Waals surface area contributed by atoms with Gasteiger partial charge in [0, 0.05) is 33.1 Å². The highest BCUT2D eigenvalue weighted by atomic mass is 19.4. The Morgan fingerprint density at radius 1 is 1.29 bits per heavy atom. The number of carbonyl (C=O) groups is 1. The van der Waals surface area contributed by atoms with E-state index in [1.807, 2.05) is 0 Å². The topological polar surface area (TPSA) is 47.4 Å². The Morgan fingerprint density at radius 2 is 1.76 bits per heavy atom. The van der Waals surface area contributed by atoms with E-state index in [0.717, 1.165) is 4.90 Å². The van der Waals surface area contributed by atoms with Crippen LogP contribution in [-0.4, -0.2) is 53.9 Å². The van der Waals surface area contributed by atoms with E-state index in [2.05, 4.69) is 0 Å². The molecule has 0 aromatic carbocycles. The van der Waals surface area contributed by atoms with Gasteiger partial charge in [-0.2, -0.15) is 13.2 Å². The second kappa shape index (κ2) is 5.88. The summed E-state index contributed by atoms with van der Waals surface area (Å²) in [5.41, 5.74) is 0. The monoisotopic (exact) mass is 253 g/mol. The van der Waals surface area contributed by atoms with Crippen LogP contribution in [-0.2, 0) is 4.79 Å². The van der Waals surface area contributed by atoms with Crippen LogP contribution in [0.2, 0.25) is 0 Å². The summed E-state index contributed by atoms with van der Waals surface area (Å²) in [4.78, 5) is 13.2. The molecule has 0 saturated heterocycles. The maximum atomic E-state index is 12.4. The minimum absolute atomic E-state index is 0.00785. The number of halogens is 3. The van der Waals surface area contributed by atoms with Crippen LogP contribution in [0.15, 0.2) is 0 Å². The Balaban J connectivity index is 4.57. The van der Waals surface area contributed by atoms with Gasteiger partial charge in [-0.15, -0.1) is 0 Å². The standard InChI is InChI=1S/C10H18F3N3O/c1-7(2)16(9(14)10(11,12)13)6-5-15(4)8(3)17/h7,14H,5-6H2,1-4H3. The molecule has 7 heteroatoms. The molecule has 0 unspecified atom stereocenters. The van der Waals surface area contributed by atoms with E-state index in [9.17, 15) is 18.0 Å². The number of nitrogens with zero attached hydrogens (tertiary/aromatic N) is 2. The summed E-state index contributed by atoms with van der Waals surface area (Å²) in [5, 5.41) is 7.08. The molecule has 1 amide bonds. The Kier molecular flexibility index (Phi) is 5.44. The van der Waals surface area contributed by atoms with Crippen LogP contribution in [0.5, 0.6) is 0 Å². The first kappa shape index (κ1) is 15.7. The van der Waals surface area contributed by atoms with Crippen molar-refractivity contribution in [3.05, 3.63) is 0 Å². The summed E-state index contributed by atoms with van der Waals surface area (Å²) in [6.07, 6.45) is -4.65. The van der Waals surface area contributed by atoms with Crippen molar-refractivity contribution < 1.29 is 18.0 Å². The van der Waals surface area contributed by atoms with Gasteiger partial charge in [0.05, 0.1) is 0 Å². The van der Waals surface area contributed by atoms with Gasteiger partial charge >= 0.3 is 6.18 Å². The van der Waals surface area contributed by atoms with E-state index in [4.69, 9.17) is 5.41 Å². The smallest absolute Gasteiger partial charge is 0.349 e. The Hall–Kier alpha value is -1.27. The van der Waals surface area contributed by atoms with Crippen LogP contribution in [0, 0.1) is 5.41 Å². The van der Waals surface area contributed by atoms with Crippen LogP contribution in [0.3, 0.4) is 0 Å². The average Bonchev–Trinajstić information content (AvgIpc) is 2.15. The fraction of sp³-hybridized carbons (Fsp3) is 0.800. The molecule has 0 rings (SSSR count). The Bertz CT molecular complexity index is 289. The lowest BCUT2D eigenvalue weighted by molar-refractivity contribution is -0.127. The number of nitrogens with one attached hydrogen (secondary N) is 1. The van der Waals surface area contributed by atoms with E-state index in [1.54, 1.807) is 13.8 Å². The summed E-state index contributed by atoms with van der Waals surface area (Å²) in [6.45, 7) is 4.65. The first-order chi connectivity index (χ1) is 7.57. The molecule has 0 bridgehead atoms. The summed E-state index contributed by atoms with van der Waals surface area (Å²) in [7, 11) is 1.51. The zero-order valence-electron chi connectivity index (χ0n) is 10.4. The van der Waals surface area contributed by atoms with E-state index < -0.39 is 18.1 Å². The number of amides is 1. The van der Waals surface area contributed by atoms with Crippen LogP contribution in [0.4, 0.5) is 13.2 Å². The molecule has 0 atom stereocenters. The van der Waals surface area contributed by atoms with Gasteiger partial charge in [0.15, 0.2) is 0 Å². The maximum Gasteiger partial charge on any atom is 0.448 e. The molecule has 0 aromatic rings. The Labute approximate surface area is 98.9 Å². The molecule has 0 aliphatic heterocycles. The van der Waals surface area contributed by atoms with Crippen molar-refractivity contribution in [1.82, 2.24) is 9.80 Å². The fourth-order valence-corrected chi connectivity index (χ4v) is 1.21. The molecule has 0 aliphatic carbocycles. The number of likely N-dealkylation sites (N-methyl/N-ethyl adjacent to an activating group) is 1. The van der Waals surface area contributed by atoms with Crippen molar-refractivity contribution in [3.63, 3.8) is 0 Å². The molecule has 0 heterocycles. The van der Waals surface area contributed by atoms with Crippen molar-refractivity contribution >= 4 is 11.7 Å². The van der Waals surface area contributed by atoms with Crippen LogP contribution < -0.4 is 0 Å². The van der Waals surface area contributed by atoms with E-state index in [-0.39, 0.29) is 19.0 Å². The van der Waals surface area contributed by atoms with E-state index in [1.165, 1.54) is 18.9 Å². The third kappa shape index (κ3) is 5.06. The lowest BCUT2D eigenvalue weighted by atomic mass is 10.3. The predicted octanol–water partition coefficient (Wildman–Crippen LogP) is 1.71.